The van der Waals surface area contributed by atoms with Crippen molar-refractivity contribution in [3.63, 3.8) is 0 Å². The number of rotatable bonds is 5. The number of anilines is 3. The number of aromatic nitrogens is 2. The van der Waals surface area contributed by atoms with Gasteiger partial charge < -0.3 is 21.7 Å². The third-order valence-corrected chi connectivity index (χ3v) is 2.55. The topological polar surface area (TPSA) is 105 Å². The first-order valence-corrected chi connectivity index (χ1v) is 5.67. The van der Waals surface area contributed by atoms with Crippen LogP contribution < -0.4 is 21.7 Å². The molecule has 0 radical (unpaired) electrons. The van der Waals surface area contributed by atoms with Crippen LogP contribution in [0.2, 0.25) is 0 Å². The molecule has 0 aliphatic rings. The maximum absolute atomic E-state index is 11.6. The van der Waals surface area contributed by atoms with Gasteiger partial charge in [0.05, 0.1) is 5.41 Å². The Bertz CT molecular complexity index is 432. The summed E-state index contributed by atoms with van der Waals surface area (Å²) in [5.41, 5.74) is 5.05. The normalized spacial score (nSPS) is 10.9. The van der Waals surface area contributed by atoms with Crippen LogP contribution >= 0.6 is 0 Å². The molecule has 0 bridgehead atoms. The summed E-state index contributed by atoms with van der Waals surface area (Å²) in [6.45, 7) is 4.15. The highest BCUT2D eigenvalue weighted by atomic mass is 16.2. The molecule has 18 heavy (non-hydrogen) atoms. The molecule has 0 atom stereocenters. The van der Waals surface area contributed by atoms with Gasteiger partial charge in [0.25, 0.3) is 0 Å². The van der Waals surface area contributed by atoms with Gasteiger partial charge in [-0.1, -0.05) is 0 Å². The maximum atomic E-state index is 11.6. The number of nitrogens with one attached hydrogen (secondary N) is 3. The summed E-state index contributed by atoms with van der Waals surface area (Å²) in [5.74, 6) is 1.36. The molecular weight excluding hydrogens is 232 g/mol. The van der Waals surface area contributed by atoms with Crippen molar-refractivity contribution < 1.29 is 4.79 Å². The largest absolute Gasteiger partial charge is 0.373 e. The third kappa shape index (κ3) is 3.47. The molecule has 1 rings (SSSR count). The summed E-state index contributed by atoms with van der Waals surface area (Å²) >= 11 is 0. The van der Waals surface area contributed by atoms with E-state index >= 15 is 0 Å². The minimum atomic E-state index is -0.533. The van der Waals surface area contributed by atoms with Gasteiger partial charge in [0, 0.05) is 26.7 Å². The number of nitrogen functional groups attached to an aromatic ring is 1. The van der Waals surface area contributed by atoms with Gasteiger partial charge in [-0.2, -0.15) is 9.97 Å². The van der Waals surface area contributed by atoms with Gasteiger partial charge in [-0.05, 0) is 13.8 Å². The van der Waals surface area contributed by atoms with Crippen LogP contribution in [0.1, 0.15) is 13.8 Å². The Hall–Kier alpha value is -2.05. The molecule has 1 heterocycles. The minimum Gasteiger partial charge on any atom is -0.373 e. The van der Waals surface area contributed by atoms with Crippen LogP contribution in [0.15, 0.2) is 6.07 Å². The molecule has 7 heteroatoms. The molecule has 1 aromatic rings. The molecule has 0 saturated carbocycles. The van der Waals surface area contributed by atoms with Crippen LogP contribution in [0.5, 0.6) is 0 Å². The lowest BCUT2D eigenvalue weighted by molar-refractivity contribution is -0.128. The van der Waals surface area contributed by atoms with E-state index in [0.29, 0.717) is 18.2 Å². The Morgan fingerprint density at radius 1 is 1.33 bits per heavy atom. The second kappa shape index (κ2) is 5.52. The highest BCUT2D eigenvalue weighted by Gasteiger charge is 2.26. The van der Waals surface area contributed by atoms with Crippen molar-refractivity contribution in [1.29, 1.82) is 0 Å². The Morgan fingerprint density at radius 3 is 2.50 bits per heavy atom. The summed E-state index contributed by atoms with van der Waals surface area (Å²) in [4.78, 5) is 19.7. The van der Waals surface area contributed by atoms with E-state index in [1.165, 1.54) is 0 Å². The molecule has 0 unspecified atom stereocenters. The summed E-state index contributed by atoms with van der Waals surface area (Å²) in [7, 11) is 3.37. The van der Waals surface area contributed by atoms with Gasteiger partial charge in [-0.3, -0.25) is 4.79 Å². The fraction of sp³-hybridized carbons (Fsp3) is 0.545. The summed E-state index contributed by atoms with van der Waals surface area (Å²) in [6.07, 6.45) is 0. The average Bonchev–Trinajstić information content (AvgIpc) is 2.34. The van der Waals surface area contributed by atoms with E-state index in [1.54, 1.807) is 20.2 Å². The van der Waals surface area contributed by atoms with Gasteiger partial charge in [0.2, 0.25) is 11.9 Å². The molecule has 0 aliphatic heterocycles. The highest BCUT2D eigenvalue weighted by molar-refractivity contribution is 5.82. The molecule has 0 aliphatic carbocycles. The molecule has 0 aromatic carbocycles. The van der Waals surface area contributed by atoms with E-state index in [1.807, 2.05) is 13.8 Å². The maximum Gasteiger partial charge on any atom is 0.227 e. The van der Waals surface area contributed by atoms with E-state index in [0.717, 1.165) is 0 Å². The summed E-state index contributed by atoms with van der Waals surface area (Å²) < 4.78 is 0. The van der Waals surface area contributed by atoms with Gasteiger partial charge in [-0.15, -0.1) is 0 Å². The van der Waals surface area contributed by atoms with Crippen LogP contribution in [0, 0.1) is 5.41 Å². The van der Waals surface area contributed by atoms with Crippen LogP contribution in [0.4, 0.5) is 17.6 Å². The number of carbonyl (C=O) groups excluding carboxylic acids is 1. The van der Waals surface area contributed by atoms with Crippen LogP contribution in [-0.4, -0.2) is 36.5 Å². The first-order chi connectivity index (χ1) is 8.39. The van der Waals surface area contributed by atoms with Crippen LogP contribution in [0.3, 0.4) is 0 Å². The van der Waals surface area contributed by atoms with Crippen molar-refractivity contribution in [2.45, 2.75) is 13.8 Å². The smallest absolute Gasteiger partial charge is 0.227 e. The predicted octanol–water partition coefficient (Wildman–Crippen LogP) is 0.285. The fourth-order valence-corrected chi connectivity index (χ4v) is 1.41. The van der Waals surface area contributed by atoms with Crippen molar-refractivity contribution >= 4 is 23.5 Å². The van der Waals surface area contributed by atoms with Crippen LogP contribution in [-0.2, 0) is 4.79 Å². The highest BCUT2D eigenvalue weighted by Crippen LogP contribution is 2.18. The first-order valence-electron chi connectivity index (χ1n) is 5.67. The number of nitrogens with two attached hydrogens (primary N) is 1. The Labute approximate surface area is 107 Å². The zero-order valence-electron chi connectivity index (χ0n) is 11.2. The zero-order chi connectivity index (χ0) is 13.8. The average molecular weight is 252 g/mol. The molecule has 5 N–H and O–H groups in total. The van der Waals surface area contributed by atoms with Gasteiger partial charge >= 0.3 is 0 Å². The standard InChI is InChI=1S/C11H20N6O/c1-11(2,9(18)14-4)6-15-8-5-7(13-3)16-10(12)17-8/h5H,6H2,1-4H3,(H,14,18)(H4,12,13,15,16,17). The van der Waals surface area contributed by atoms with Gasteiger partial charge in [-0.25, -0.2) is 0 Å². The number of hydrogen-bond donors (Lipinski definition) is 4. The number of nitrogens with zero attached hydrogens (tertiary/aromatic N) is 2. The monoisotopic (exact) mass is 252 g/mol. The fourth-order valence-electron chi connectivity index (χ4n) is 1.41. The van der Waals surface area contributed by atoms with E-state index in [2.05, 4.69) is 25.9 Å². The molecular formula is C11H20N6O. The molecule has 0 fully saturated rings. The quantitative estimate of drug-likeness (QED) is 0.600. The second-order valence-electron chi connectivity index (χ2n) is 4.56. The van der Waals surface area contributed by atoms with E-state index in [4.69, 9.17) is 5.73 Å². The zero-order valence-corrected chi connectivity index (χ0v) is 11.2. The van der Waals surface area contributed by atoms with Gasteiger partial charge in [0.1, 0.15) is 11.6 Å². The number of amides is 1. The summed E-state index contributed by atoms with van der Waals surface area (Å²) in [5, 5.41) is 8.60. The predicted molar refractivity (Wildman–Crippen MR) is 72.3 cm³/mol. The molecule has 7 nitrogen and oxygen atoms in total. The number of hydrogen-bond acceptors (Lipinski definition) is 6. The molecule has 1 aromatic heterocycles. The Kier molecular flexibility index (Phi) is 4.30. The first kappa shape index (κ1) is 14.0. The molecule has 0 saturated heterocycles. The van der Waals surface area contributed by atoms with E-state index in [-0.39, 0.29) is 11.9 Å². The molecule has 1 amide bonds. The van der Waals surface area contributed by atoms with E-state index < -0.39 is 5.41 Å². The van der Waals surface area contributed by atoms with Crippen molar-refractivity contribution in [2.24, 2.45) is 5.41 Å². The van der Waals surface area contributed by atoms with E-state index in [9.17, 15) is 4.79 Å². The van der Waals surface area contributed by atoms with Crippen molar-refractivity contribution in [3.05, 3.63) is 6.07 Å². The Morgan fingerprint density at radius 2 is 1.94 bits per heavy atom. The SMILES string of the molecule is CNC(=O)C(C)(C)CNc1cc(NC)nc(N)n1. The van der Waals surface area contributed by atoms with Crippen molar-refractivity contribution in [3.8, 4) is 0 Å². The lowest BCUT2D eigenvalue weighted by Gasteiger charge is -2.23. The third-order valence-electron chi connectivity index (χ3n) is 2.55. The van der Waals surface area contributed by atoms with Crippen molar-refractivity contribution in [1.82, 2.24) is 15.3 Å². The lowest BCUT2D eigenvalue weighted by Crippen LogP contribution is -2.39. The summed E-state index contributed by atoms with van der Waals surface area (Å²) in [6, 6.07) is 1.73. The number of carbonyl (C=O) groups is 1. The van der Waals surface area contributed by atoms with Crippen LogP contribution in [0.25, 0.3) is 0 Å². The van der Waals surface area contributed by atoms with Gasteiger partial charge in [0.15, 0.2) is 0 Å². The molecule has 0 spiro atoms. The molecule has 100 valence electrons. The lowest BCUT2D eigenvalue weighted by atomic mass is 9.92. The van der Waals surface area contributed by atoms with Crippen molar-refractivity contribution in [2.75, 3.05) is 37.0 Å². The second-order valence-corrected chi connectivity index (χ2v) is 4.56. The Balaban J connectivity index is 2.74. The minimum absolute atomic E-state index is 0.0362.